The van der Waals surface area contributed by atoms with E-state index in [0.717, 1.165) is 25.7 Å². The fourth-order valence-corrected chi connectivity index (χ4v) is 2.50. The SMILES string of the molecule is CCCCC(O)CC(=O)OCC(CC)(CO)COC(=O)CC(O)CCCC. The van der Waals surface area contributed by atoms with Crippen LogP contribution in [0.4, 0.5) is 0 Å². The Morgan fingerprint density at radius 1 is 0.852 bits per heavy atom. The van der Waals surface area contributed by atoms with Crippen LogP contribution < -0.4 is 0 Å². The summed E-state index contributed by atoms with van der Waals surface area (Å²) in [5, 5.41) is 29.3. The van der Waals surface area contributed by atoms with E-state index >= 15 is 0 Å². The van der Waals surface area contributed by atoms with Crippen molar-refractivity contribution in [2.24, 2.45) is 5.41 Å². The Morgan fingerprint density at radius 3 is 1.56 bits per heavy atom. The monoisotopic (exact) mass is 390 g/mol. The molecular formula is C20H38O7. The first-order chi connectivity index (χ1) is 12.8. The third-order valence-corrected chi connectivity index (χ3v) is 4.75. The van der Waals surface area contributed by atoms with Crippen LogP contribution in [0.2, 0.25) is 0 Å². The molecule has 0 aromatic heterocycles. The number of carbonyl (C=O) groups excluding carboxylic acids is 2. The Labute approximate surface area is 163 Å². The van der Waals surface area contributed by atoms with Crippen molar-refractivity contribution in [2.45, 2.75) is 90.8 Å². The molecule has 0 saturated carbocycles. The Balaban J connectivity index is 4.41. The van der Waals surface area contributed by atoms with Gasteiger partial charge < -0.3 is 24.8 Å². The quantitative estimate of drug-likeness (QED) is 0.347. The lowest BCUT2D eigenvalue weighted by Gasteiger charge is -2.29. The van der Waals surface area contributed by atoms with Crippen molar-refractivity contribution in [3.8, 4) is 0 Å². The topological polar surface area (TPSA) is 113 Å². The van der Waals surface area contributed by atoms with E-state index in [-0.39, 0.29) is 32.7 Å². The van der Waals surface area contributed by atoms with Crippen LogP contribution in [0.15, 0.2) is 0 Å². The minimum Gasteiger partial charge on any atom is -0.465 e. The summed E-state index contributed by atoms with van der Waals surface area (Å²) in [4.78, 5) is 23.7. The Kier molecular flexibility index (Phi) is 14.2. The molecule has 0 amide bonds. The lowest BCUT2D eigenvalue weighted by atomic mass is 9.88. The second kappa shape index (κ2) is 14.8. The van der Waals surface area contributed by atoms with E-state index in [4.69, 9.17) is 9.47 Å². The van der Waals surface area contributed by atoms with Crippen molar-refractivity contribution in [1.29, 1.82) is 0 Å². The number of hydrogen-bond donors (Lipinski definition) is 3. The van der Waals surface area contributed by atoms with E-state index in [1.165, 1.54) is 0 Å². The molecule has 0 rings (SSSR count). The highest BCUT2D eigenvalue weighted by Gasteiger charge is 2.32. The standard InChI is InChI=1S/C20H38O7/c1-4-7-9-16(22)11-18(24)26-14-20(6-3,13-21)15-27-19(25)12-17(23)10-8-5-2/h16-17,21-23H,4-15H2,1-3H3. The Morgan fingerprint density at radius 2 is 1.26 bits per heavy atom. The van der Waals surface area contributed by atoms with Crippen LogP contribution >= 0.6 is 0 Å². The minimum absolute atomic E-state index is 0.0887. The average molecular weight is 391 g/mol. The third-order valence-electron chi connectivity index (χ3n) is 4.75. The highest BCUT2D eigenvalue weighted by molar-refractivity contribution is 5.70. The summed E-state index contributed by atoms with van der Waals surface area (Å²) < 4.78 is 10.4. The van der Waals surface area contributed by atoms with Crippen molar-refractivity contribution >= 4 is 11.9 Å². The van der Waals surface area contributed by atoms with E-state index in [9.17, 15) is 24.9 Å². The molecule has 0 heterocycles. The average Bonchev–Trinajstić information content (AvgIpc) is 2.65. The van der Waals surface area contributed by atoms with Crippen LogP contribution in [-0.2, 0) is 19.1 Å². The predicted octanol–water partition coefficient (Wildman–Crippen LogP) is 2.34. The molecule has 27 heavy (non-hydrogen) atoms. The molecule has 0 aliphatic heterocycles. The molecule has 0 bridgehead atoms. The van der Waals surface area contributed by atoms with Crippen LogP contribution in [0.3, 0.4) is 0 Å². The first-order valence-corrected chi connectivity index (χ1v) is 10.1. The van der Waals surface area contributed by atoms with E-state index in [2.05, 4.69) is 0 Å². The molecule has 7 heteroatoms. The van der Waals surface area contributed by atoms with Crippen LogP contribution in [0, 0.1) is 5.41 Å². The van der Waals surface area contributed by atoms with Gasteiger partial charge in [-0.05, 0) is 19.3 Å². The predicted molar refractivity (Wildman–Crippen MR) is 102 cm³/mol. The number of aliphatic hydroxyl groups is 3. The Bertz CT molecular complexity index is 373. The summed E-state index contributed by atoms with van der Waals surface area (Å²) in [7, 11) is 0. The number of unbranched alkanes of at least 4 members (excludes halogenated alkanes) is 2. The van der Waals surface area contributed by atoms with Gasteiger partial charge in [0.05, 0.1) is 37.1 Å². The van der Waals surface area contributed by atoms with Gasteiger partial charge >= 0.3 is 11.9 Å². The number of aliphatic hydroxyl groups excluding tert-OH is 3. The number of esters is 2. The van der Waals surface area contributed by atoms with Gasteiger partial charge in [0, 0.05) is 0 Å². The van der Waals surface area contributed by atoms with Gasteiger partial charge in [-0.1, -0.05) is 46.5 Å². The zero-order valence-electron chi connectivity index (χ0n) is 17.1. The van der Waals surface area contributed by atoms with Gasteiger partial charge in [0.25, 0.3) is 0 Å². The van der Waals surface area contributed by atoms with Gasteiger partial charge in [-0.2, -0.15) is 0 Å². The van der Waals surface area contributed by atoms with Gasteiger partial charge in [0.2, 0.25) is 0 Å². The molecule has 0 aliphatic carbocycles. The summed E-state index contributed by atoms with van der Waals surface area (Å²) in [5.74, 6) is -1.07. The number of ether oxygens (including phenoxy) is 2. The number of rotatable bonds is 16. The van der Waals surface area contributed by atoms with Gasteiger partial charge in [-0.3, -0.25) is 9.59 Å². The lowest BCUT2D eigenvalue weighted by Crippen LogP contribution is -2.38. The fraction of sp³-hybridized carbons (Fsp3) is 0.900. The van der Waals surface area contributed by atoms with Crippen LogP contribution in [0.5, 0.6) is 0 Å². The zero-order chi connectivity index (χ0) is 20.7. The van der Waals surface area contributed by atoms with Crippen LogP contribution in [0.25, 0.3) is 0 Å². The van der Waals surface area contributed by atoms with Crippen molar-refractivity contribution in [3.05, 3.63) is 0 Å². The van der Waals surface area contributed by atoms with E-state index < -0.39 is 29.6 Å². The van der Waals surface area contributed by atoms with Crippen LogP contribution in [-0.4, -0.2) is 59.3 Å². The highest BCUT2D eigenvalue weighted by Crippen LogP contribution is 2.23. The van der Waals surface area contributed by atoms with Crippen molar-refractivity contribution in [3.63, 3.8) is 0 Å². The molecule has 2 unspecified atom stereocenters. The molecule has 0 aliphatic rings. The molecule has 160 valence electrons. The second-order valence-corrected chi connectivity index (χ2v) is 7.33. The molecule has 0 aromatic carbocycles. The summed E-state index contributed by atoms with van der Waals surface area (Å²) >= 11 is 0. The van der Waals surface area contributed by atoms with Crippen molar-refractivity contribution in [2.75, 3.05) is 19.8 Å². The smallest absolute Gasteiger partial charge is 0.308 e. The maximum Gasteiger partial charge on any atom is 0.308 e. The number of carbonyl (C=O) groups is 2. The van der Waals surface area contributed by atoms with Gasteiger partial charge in [-0.25, -0.2) is 0 Å². The van der Waals surface area contributed by atoms with Gasteiger partial charge in [0.15, 0.2) is 0 Å². The molecule has 3 N–H and O–H groups in total. The Hall–Kier alpha value is -1.18. The van der Waals surface area contributed by atoms with E-state index in [1.54, 1.807) is 0 Å². The molecule has 0 saturated heterocycles. The summed E-state index contributed by atoms with van der Waals surface area (Å²) in [6.45, 7) is 5.33. The molecule has 2 atom stereocenters. The molecule has 0 spiro atoms. The molecule has 0 fully saturated rings. The summed E-state index contributed by atoms with van der Waals surface area (Å²) in [5.41, 5.74) is -0.881. The number of hydrogen-bond acceptors (Lipinski definition) is 7. The lowest BCUT2D eigenvalue weighted by molar-refractivity contribution is -0.158. The first-order valence-electron chi connectivity index (χ1n) is 10.1. The third kappa shape index (κ3) is 12.0. The maximum absolute atomic E-state index is 11.9. The van der Waals surface area contributed by atoms with Crippen molar-refractivity contribution < 1.29 is 34.4 Å². The maximum atomic E-state index is 11.9. The summed E-state index contributed by atoms with van der Waals surface area (Å²) in [6, 6.07) is 0. The molecular weight excluding hydrogens is 352 g/mol. The zero-order valence-corrected chi connectivity index (χ0v) is 17.1. The fourth-order valence-electron chi connectivity index (χ4n) is 2.50. The van der Waals surface area contributed by atoms with E-state index in [0.29, 0.717) is 19.3 Å². The normalized spacial score (nSPS) is 15.6. The molecule has 0 aromatic rings. The van der Waals surface area contributed by atoms with Gasteiger partial charge in [-0.15, -0.1) is 0 Å². The highest BCUT2D eigenvalue weighted by atomic mass is 16.5. The molecule has 0 radical (unpaired) electrons. The van der Waals surface area contributed by atoms with Gasteiger partial charge in [0.1, 0.15) is 13.2 Å². The summed E-state index contributed by atoms with van der Waals surface area (Å²) in [6.07, 6.45) is 3.45. The first kappa shape index (κ1) is 25.8. The van der Waals surface area contributed by atoms with Crippen molar-refractivity contribution in [1.82, 2.24) is 0 Å². The van der Waals surface area contributed by atoms with Crippen LogP contribution in [0.1, 0.15) is 78.6 Å². The minimum atomic E-state index is -0.881. The second-order valence-electron chi connectivity index (χ2n) is 7.33. The largest absolute Gasteiger partial charge is 0.465 e. The van der Waals surface area contributed by atoms with E-state index in [1.807, 2.05) is 20.8 Å². The molecule has 7 nitrogen and oxygen atoms in total.